The van der Waals surface area contributed by atoms with E-state index < -0.39 is 14.0 Å². The van der Waals surface area contributed by atoms with Crippen molar-refractivity contribution in [3.63, 3.8) is 0 Å². The minimum Gasteiger partial charge on any atom is -0.445 e. The van der Waals surface area contributed by atoms with Crippen LogP contribution in [-0.2, 0) is 13.9 Å². The molecular formula is C23H43NO4Si. The maximum Gasteiger partial charge on any atom is 0.412 e. The van der Waals surface area contributed by atoms with E-state index >= 15 is 0 Å². The lowest BCUT2D eigenvalue weighted by atomic mass is 10.0. The van der Waals surface area contributed by atoms with Crippen LogP contribution in [0, 0.1) is 0 Å². The number of allylic oxidation sites excluding steroid dienone is 2. The zero-order valence-electron chi connectivity index (χ0n) is 20.1. The van der Waals surface area contributed by atoms with Crippen LogP contribution in [0.3, 0.4) is 0 Å². The molecule has 1 aliphatic rings. The average molecular weight is 426 g/mol. The summed E-state index contributed by atoms with van der Waals surface area (Å²) in [6.45, 7) is 20.6. The van der Waals surface area contributed by atoms with Crippen molar-refractivity contribution in [2.75, 3.05) is 19.8 Å². The van der Waals surface area contributed by atoms with Gasteiger partial charge in [0.05, 0.1) is 18.8 Å². The molecule has 0 radical (unpaired) electrons. The molecule has 1 saturated heterocycles. The first-order valence-corrected chi connectivity index (χ1v) is 13.7. The molecular weight excluding hydrogens is 382 g/mol. The maximum absolute atomic E-state index is 12.4. The first kappa shape index (κ1) is 25.9. The Morgan fingerprint density at radius 3 is 2.07 bits per heavy atom. The third-order valence-corrected chi connectivity index (χ3v) is 10.3. The molecule has 1 fully saturated rings. The third-order valence-electron chi connectivity index (χ3n) is 5.83. The molecule has 168 valence electrons. The van der Waals surface area contributed by atoms with E-state index in [1.165, 1.54) is 0 Å². The van der Waals surface area contributed by atoms with Gasteiger partial charge in [0.15, 0.2) is 8.32 Å². The predicted molar refractivity (Wildman–Crippen MR) is 123 cm³/mol. The highest BCUT2D eigenvalue weighted by Gasteiger charge is 2.49. The molecule has 0 bridgehead atoms. The van der Waals surface area contributed by atoms with E-state index in [1.807, 2.05) is 33.8 Å². The van der Waals surface area contributed by atoms with Crippen molar-refractivity contribution >= 4 is 14.4 Å². The second-order valence-electron chi connectivity index (χ2n) is 10.4. The number of rotatable bonds is 9. The van der Waals surface area contributed by atoms with Crippen LogP contribution >= 0.6 is 0 Å². The van der Waals surface area contributed by atoms with Crippen LogP contribution in [-0.4, -0.2) is 50.4 Å². The molecule has 29 heavy (non-hydrogen) atoms. The lowest BCUT2D eigenvalue weighted by Gasteiger charge is -2.36. The monoisotopic (exact) mass is 425 g/mol. The van der Waals surface area contributed by atoms with Gasteiger partial charge in [-0.15, -0.1) is 0 Å². The fourth-order valence-corrected chi connectivity index (χ4v) is 4.01. The molecule has 5 nitrogen and oxygen atoms in total. The molecule has 1 rings (SSSR count). The lowest BCUT2D eigenvalue weighted by molar-refractivity contribution is -0.0503. The smallest absolute Gasteiger partial charge is 0.412 e. The Kier molecular flexibility index (Phi) is 9.18. The van der Waals surface area contributed by atoms with Gasteiger partial charge in [-0.3, -0.25) is 4.90 Å². The summed E-state index contributed by atoms with van der Waals surface area (Å²) in [7, 11) is -1.65. The number of ether oxygens (including phenoxy) is 2. The Bertz CT molecular complexity index is 572. The van der Waals surface area contributed by atoms with Gasteiger partial charge in [0, 0.05) is 0 Å². The van der Waals surface area contributed by atoms with Crippen molar-refractivity contribution in [1.29, 1.82) is 0 Å². The quantitative estimate of drug-likeness (QED) is 0.248. The van der Waals surface area contributed by atoms with E-state index in [0.29, 0.717) is 13.2 Å². The van der Waals surface area contributed by atoms with Gasteiger partial charge in [0.1, 0.15) is 12.3 Å². The summed E-state index contributed by atoms with van der Waals surface area (Å²) in [6.07, 6.45) is 11.1. The van der Waals surface area contributed by atoms with Crippen LogP contribution < -0.4 is 0 Å². The molecule has 0 aromatic rings. The summed E-state index contributed by atoms with van der Waals surface area (Å²) in [5.41, 5.74) is -0.990. The van der Waals surface area contributed by atoms with Crippen molar-refractivity contribution in [2.24, 2.45) is 0 Å². The van der Waals surface area contributed by atoms with Crippen molar-refractivity contribution in [2.45, 2.75) is 97.1 Å². The van der Waals surface area contributed by atoms with E-state index in [1.54, 1.807) is 4.90 Å². The second-order valence-corrected chi connectivity index (χ2v) is 15.2. The van der Waals surface area contributed by atoms with Crippen LogP contribution in [0.25, 0.3) is 0 Å². The van der Waals surface area contributed by atoms with Gasteiger partial charge in [-0.05, 0) is 65.1 Å². The Balaban J connectivity index is 2.19. The van der Waals surface area contributed by atoms with Gasteiger partial charge in [0.25, 0.3) is 0 Å². The predicted octanol–water partition coefficient (Wildman–Crippen LogP) is 6.27. The number of carbonyl (C=O) groups is 1. The molecule has 0 aromatic carbocycles. The van der Waals surface area contributed by atoms with E-state index in [2.05, 4.69) is 52.1 Å². The first-order valence-electron chi connectivity index (χ1n) is 10.8. The summed E-state index contributed by atoms with van der Waals surface area (Å²) < 4.78 is 17.3. The largest absolute Gasteiger partial charge is 0.445 e. The lowest BCUT2D eigenvalue weighted by Crippen LogP contribution is -2.52. The van der Waals surface area contributed by atoms with E-state index in [-0.39, 0.29) is 23.3 Å². The Morgan fingerprint density at radius 1 is 1.03 bits per heavy atom. The fourth-order valence-electron chi connectivity index (χ4n) is 3.06. The second kappa shape index (κ2) is 10.3. The normalized spacial score (nSPS) is 19.4. The molecule has 6 heteroatoms. The van der Waals surface area contributed by atoms with Crippen LogP contribution in [0.1, 0.15) is 67.7 Å². The highest BCUT2D eigenvalue weighted by atomic mass is 28.4. The van der Waals surface area contributed by atoms with Crippen molar-refractivity contribution in [3.8, 4) is 0 Å². The number of amides is 1. The van der Waals surface area contributed by atoms with Gasteiger partial charge >= 0.3 is 6.09 Å². The van der Waals surface area contributed by atoms with Crippen molar-refractivity contribution in [1.82, 2.24) is 4.90 Å². The molecule has 1 amide bonds. The highest BCUT2D eigenvalue weighted by molar-refractivity contribution is 6.74. The summed E-state index contributed by atoms with van der Waals surface area (Å²) in [4.78, 5) is 14.1. The Morgan fingerprint density at radius 2 is 1.59 bits per heavy atom. The summed E-state index contributed by atoms with van der Waals surface area (Å²) in [6, 6.07) is 0. The highest BCUT2D eigenvalue weighted by Crippen LogP contribution is 2.36. The van der Waals surface area contributed by atoms with Crippen LogP contribution in [0.4, 0.5) is 4.79 Å². The van der Waals surface area contributed by atoms with Gasteiger partial charge in [-0.2, -0.15) is 0 Å². The molecule has 1 aliphatic heterocycles. The SMILES string of the molecule is CC1(C)COC(C)(C)N1C(=O)OC/C=C/CCC/C=C\CO[Si](C)(C)C(C)(C)C. The zero-order chi connectivity index (χ0) is 22.3. The number of hydrogen-bond acceptors (Lipinski definition) is 4. The fraction of sp³-hybridized carbons (Fsp3) is 0.783. The number of carbonyl (C=O) groups excluding carboxylic acids is 1. The Labute approximate surface area is 179 Å². The van der Waals surface area contributed by atoms with Gasteiger partial charge < -0.3 is 13.9 Å². The molecule has 0 spiro atoms. The van der Waals surface area contributed by atoms with Crippen molar-refractivity contribution < 1.29 is 18.7 Å². The molecule has 0 N–H and O–H groups in total. The van der Waals surface area contributed by atoms with E-state index in [0.717, 1.165) is 19.3 Å². The molecule has 0 unspecified atom stereocenters. The number of hydrogen-bond donors (Lipinski definition) is 0. The Hall–Kier alpha value is -1.11. The minimum absolute atomic E-state index is 0.252. The van der Waals surface area contributed by atoms with E-state index in [9.17, 15) is 4.79 Å². The molecule has 0 saturated carbocycles. The topological polar surface area (TPSA) is 48.0 Å². The summed E-state index contributed by atoms with van der Waals surface area (Å²) >= 11 is 0. The molecule has 0 atom stereocenters. The summed E-state index contributed by atoms with van der Waals surface area (Å²) in [5, 5.41) is 0.252. The minimum atomic E-state index is -1.65. The zero-order valence-corrected chi connectivity index (χ0v) is 21.1. The maximum atomic E-state index is 12.4. The van der Waals surface area contributed by atoms with Crippen LogP contribution in [0.2, 0.25) is 18.1 Å². The van der Waals surface area contributed by atoms with E-state index in [4.69, 9.17) is 13.9 Å². The molecule has 0 aliphatic carbocycles. The van der Waals surface area contributed by atoms with Crippen LogP contribution in [0.15, 0.2) is 24.3 Å². The molecule has 1 heterocycles. The number of nitrogens with zero attached hydrogens (tertiary/aromatic N) is 1. The van der Waals surface area contributed by atoms with Gasteiger partial charge in [-0.25, -0.2) is 4.79 Å². The summed E-state index contributed by atoms with van der Waals surface area (Å²) in [5.74, 6) is 0. The third kappa shape index (κ3) is 7.91. The van der Waals surface area contributed by atoms with Crippen molar-refractivity contribution in [3.05, 3.63) is 24.3 Å². The first-order chi connectivity index (χ1) is 13.2. The number of unbranched alkanes of at least 4 members (excludes halogenated alkanes) is 2. The average Bonchev–Trinajstić information content (AvgIpc) is 2.79. The van der Waals surface area contributed by atoms with Crippen LogP contribution in [0.5, 0.6) is 0 Å². The standard InChI is InChI=1S/C23H43NO4Si/c1-21(2,3)29(8,9)28-18-16-14-12-10-11-13-15-17-26-20(25)24-22(4,5)19-27-23(24,6)7/h13-16H,10-12,17-19H2,1-9H3/b15-13+,16-14-. The van der Waals surface area contributed by atoms with Gasteiger partial charge in [-0.1, -0.05) is 45.1 Å². The molecule has 0 aromatic heterocycles. The van der Waals surface area contributed by atoms with Gasteiger partial charge in [0.2, 0.25) is 0 Å².